The molecule has 12 rings (SSSR count). The van der Waals surface area contributed by atoms with E-state index in [1.807, 2.05) is 0 Å². The zero-order chi connectivity index (χ0) is 40.4. The van der Waals surface area contributed by atoms with Gasteiger partial charge in [-0.15, -0.1) is 0 Å². The highest BCUT2D eigenvalue weighted by atomic mass is 15.1. The maximum atomic E-state index is 2.41. The van der Waals surface area contributed by atoms with Crippen molar-refractivity contribution in [1.82, 2.24) is 0 Å². The van der Waals surface area contributed by atoms with Crippen molar-refractivity contribution < 1.29 is 0 Å². The predicted octanol–water partition coefficient (Wildman–Crippen LogP) is 15.0. The number of nitrogens with zero attached hydrogens (tertiary/aromatic N) is 1. The molecule has 2 aliphatic rings. The minimum absolute atomic E-state index is 0.475. The quantitative estimate of drug-likeness (QED) is 0.156. The van der Waals surface area contributed by atoms with E-state index in [0.29, 0.717) is 0 Å². The molecular weight excluding hydrogens is 735 g/mol. The Morgan fingerprint density at radius 1 is 0.262 bits per heavy atom. The predicted molar refractivity (Wildman–Crippen MR) is 253 cm³/mol. The van der Waals surface area contributed by atoms with E-state index in [0.717, 1.165) is 17.1 Å². The molecule has 0 aliphatic heterocycles. The summed E-state index contributed by atoms with van der Waals surface area (Å²) in [7, 11) is 0. The lowest BCUT2D eigenvalue weighted by atomic mass is 9.52. The minimum atomic E-state index is -0.604. The first-order valence-electron chi connectivity index (χ1n) is 21.3. The first kappa shape index (κ1) is 35.2. The lowest BCUT2D eigenvalue weighted by Gasteiger charge is -2.49. The first-order chi connectivity index (χ1) is 30.3. The highest BCUT2D eigenvalue weighted by Crippen LogP contribution is 2.65. The van der Waals surface area contributed by atoms with Crippen molar-refractivity contribution in [1.29, 1.82) is 0 Å². The molecule has 61 heavy (non-hydrogen) atoms. The van der Waals surface area contributed by atoms with Gasteiger partial charge >= 0.3 is 0 Å². The van der Waals surface area contributed by atoms with E-state index in [-0.39, 0.29) is 0 Å². The van der Waals surface area contributed by atoms with Gasteiger partial charge in [0.15, 0.2) is 0 Å². The van der Waals surface area contributed by atoms with Gasteiger partial charge in [-0.05, 0) is 114 Å². The number of hydrogen-bond donors (Lipinski definition) is 0. The largest absolute Gasteiger partial charge is 0.310 e. The molecule has 10 aromatic rings. The zero-order valence-electron chi connectivity index (χ0n) is 33.6. The minimum Gasteiger partial charge on any atom is -0.310 e. The highest BCUT2D eigenvalue weighted by Gasteiger charge is 2.57. The Bertz CT molecular complexity index is 3230. The van der Waals surface area contributed by atoms with Crippen LogP contribution in [0, 0.1) is 0 Å². The third kappa shape index (κ3) is 5.14. The molecular formula is C60H41N. The summed E-state index contributed by atoms with van der Waals surface area (Å²) in [5.74, 6) is 0. The van der Waals surface area contributed by atoms with Crippen molar-refractivity contribution in [3.05, 3.63) is 293 Å². The lowest BCUT2D eigenvalue weighted by Crippen LogP contribution is -2.44. The van der Waals surface area contributed by atoms with E-state index in [1.54, 1.807) is 0 Å². The second-order valence-electron chi connectivity index (χ2n) is 16.4. The number of fused-ring (bicyclic) bond motifs is 6. The fraction of sp³-hybridized carbons (Fsp3) is 0.0333. The molecule has 0 amide bonds. The standard InChI is InChI=1S/C60H41N/c1-4-17-42(18-5-1)44-31-36-49(37-32-44)61(51-38-33-43-19-10-11-20-45(43)41-51)50-39-34-48(35-40-50)59(46-21-6-2-7-22-46)55-28-14-15-29-56(55)60(47-23-8-3-9-24-47)54-27-13-12-25-52(54)53-26-16-30-57(59)58(53)60/h1-41H. The lowest BCUT2D eigenvalue weighted by molar-refractivity contribution is 0.626. The third-order valence-electron chi connectivity index (χ3n) is 13.4. The Morgan fingerprint density at radius 2 is 0.721 bits per heavy atom. The maximum absolute atomic E-state index is 2.41. The summed E-state index contributed by atoms with van der Waals surface area (Å²) in [5, 5.41) is 2.44. The van der Waals surface area contributed by atoms with Gasteiger partial charge < -0.3 is 4.90 Å². The normalized spacial score (nSPS) is 17.0. The molecule has 0 spiro atoms. The SMILES string of the molecule is c1ccc(-c2ccc(N(c3ccc(C4(c5ccccc5)c5ccccc5C5(c6ccccc6)c6ccccc6-c6cccc4c65)cc3)c3ccc4ccccc4c3)cc2)cc1. The Balaban J connectivity index is 1.10. The van der Waals surface area contributed by atoms with Crippen LogP contribution in [-0.4, -0.2) is 0 Å². The van der Waals surface area contributed by atoms with Gasteiger partial charge in [-0.25, -0.2) is 0 Å². The van der Waals surface area contributed by atoms with E-state index in [9.17, 15) is 0 Å². The summed E-state index contributed by atoms with van der Waals surface area (Å²) in [6.07, 6.45) is 0. The molecule has 2 unspecified atom stereocenters. The molecule has 0 saturated heterocycles. The molecule has 10 aromatic carbocycles. The average molecular weight is 776 g/mol. The van der Waals surface area contributed by atoms with Gasteiger partial charge in [0.05, 0.1) is 10.8 Å². The third-order valence-corrected chi connectivity index (χ3v) is 13.4. The van der Waals surface area contributed by atoms with Gasteiger partial charge in [0, 0.05) is 17.1 Å². The first-order valence-corrected chi connectivity index (χ1v) is 21.3. The van der Waals surface area contributed by atoms with Crippen LogP contribution in [0.3, 0.4) is 0 Å². The van der Waals surface area contributed by atoms with Crippen LogP contribution in [0.1, 0.15) is 44.5 Å². The van der Waals surface area contributed by atoms with Crippen molar-refractivity contribution >= 4 is 27.8 Å². The van der Waals surface area contributed by atoms with Gasteiger partial charge in [0.1, 0.15) is 0 Å². The topological polar surface area (TPSA) is 3.24 Å². The summed E-state index contributed by atoms with van der Waals surface area (Å²) < 4.78 is 0. The van der Waals surface area contributed by atoms with E-state index in [2.05, 4.69) is 254 Å². The second-order valence-corrected chi connectivity index (χ2v) is 16.4. The average Bonchev–Trinajstić information content (AvgIpc) is 3.65. The Labute approximate surface area is 357 Å². The number of benzene rings is 10. The van der Waals surface area contributed by atoms with E-state index >= 15 is 0 Å². The molecule has 0 fully saturated rings. The van der Waals surface area contributed by atoms with Crippen LogP contribution in [0.2, 0.25) is 0 Å². The van der Waals surface area contributed by atoms with Crippen molar-refractivity contribution in [2.45, 2.75) is 10.8 Å². The summed E-state index contributed by atoms with van der Waals surface area (Å²) in [6.45, 7) is 0. The van der Waals surface area contributed by atoms with E-state index in [4.69, 9.17) is 0 Å². The Hall–Kier alpha value is -7.74. The summed E-state index contributed by atoms with van der Waals surface area (Å²) in [6, 6.07) is 92.3. The molecule has 2 atom stereocenters. The highest BCUT2D eigenvalue weighted by molar-refractivity contribution is 5.93. The van der Waals surface area contributed by atoms with Crippen molar-refractivity contribution in [3.63, 3.8) is 0 Å². The van der Waals surface area contributed by atoms with Crippen LogP contribution in [-0.2, 0) is 10.8 Å². The molecule has 0 heterocycles. The fourth-order valence-corrected chi connectivity index (χ4v) is 10.9. The van der Waals surface area contributed by atoms with Crippen LogP contribution in [0.4, 0.5) is 17.1 Å². The van der Waals surface area contributed by atoms with E-state index < -0.39 is 10.8 Å². The number of anilines is 3. The maximum Gasteiger partial charge on any atom is 0.0720 e. The molecule has 1 heteroatoms. The van der Waals surface area contributed by atoms with Crippen LogP contribution < -0.4 is 4.90 Å². The number of hydrogen-bond acceptors (Lipinski definition) is 1. The van der Waals surface area contributed by atoms with Gasteiger partial charge in [-0.2, -0.15) is 0 Å². The Kier molecular flexibility index (Phi) is 8.05. The van der Waals surface area contributed by atoms with Crippen LogP contribution in [0.15, 0.2) is 249 Å². The van der Waals surface area contributed by atoms with Crippen LogP contribution in [0.5, 0.6) is 0 Å². The Morgan fingerprint density at radius 3 is 1.41 bits per heavy atom. The van der Waals surface area contributed by atoms with Crippen LogP contribution >= 0.6 is 0 Å². The molecule has 0 N–H and O–H groups in total. The second kappa shape index (κ2) is 13.9. The fourth-order valence-electron chi connectivity index (χ4n) is 10.9. The van der Waals surface area contributed by atoms with Gasteiger partial charge in [0.2, 0.25) is 0 Å². The van der Waals surface area contributed by atoms with Crippen molar-refractivity contribution in [2.24, 2.45) is 0 Å². The molecule has 1 nitrogen and oxygen atoms in total. The molecule has 0 bridgehead atoms. The van der Waals surface area contributed by atoms with Crippen molar-refractivity contribution in [3.8, 4) is 22.3 Å². The molecule has 286 valence electrons. The smallest absolute Gasteiger partial charge is 0.0720 e. The summed E-state index contributed by atoms with van der Waals surface area (Å²) in [5.41, 5.74) is 17.7. The number of rotatable bonds is 7. The van der Waals surface area contributed by atoms with E-state index in [1.165, 1.54) is 77.5 Å². The molecule has 2 aliphatic carbocycles. The van der Waals surface area contributed by atoms with Crippen LogP contribution in [0.25, 0.3) is 33.0 Å². The van der Waals surface area contributed by atoms with Gasteiger partial charge in [-0.1, -0.05) is 212 Å². The van der Waals surface area contributed by atoms with Gasteiger partial charge in [-0.3, -0.25) is 0 Å². The zero-order valence-corrected chi connectivity index (χ0v) is 33.6. The monoisotopic (exact) mass is 775 g/mol. The van der Waals surface area contributed by atoms with Gasteiger partial charge in [0.25, 0.3) is 0 Å². The molecule has 0 saturated carbocycles. The summed E-state index contributed by atoms with van der Waals surface area (Å²) >= 11 is 0. The molecule has 0 radical (unpaired) electrons. The summed E-state index contributed by atoms with van der Waals surface area (Å²) in [4.78, 5) is 2.40. The molecule has 0 aromatic heterocycles. The van der Waals surface area contributed by atoms with Crippen molar-refractivity contribution in [2.75, 3.05) is 4.90 Å².